The number of carbonyl (C=O) groups is 1. The maximum Gasteiger partial charge on any atom is 0.196 e. The monoisotopic (exact) mass is 202 g/mol. The second-order valence-electron chi connectivity index (χ2n) is 3.59. The molecule has 2 aromatic heterocycles. The molecule has 2 rings (SSSR count). The lowest BCUT2D eigenvalue weighted by Gasteiger charge is -2.09. The van der Waals surface area contributed by atoms with Gasteiger partial charge >= 0.3 is 0 Å². The number of rotatable bonds is 3. The number of hydrogen-bond acceptors (Lipinski definition) is 2. The normalized spacial score (nSPS) is 12.9. The molecular formula is C12H14N2O. The van der Waals surface area contributed by atoms with Crippen LogP contribution in [0.25, 0.3) is 5.52 Å². The van der Waals surface area contributed by atoms with Gasteiger partial charge in [-0.05, 0) is 30.7 Å². The lowest BCUT2D eigenvalue weighted by molar-refractivity contribution is 0.0953. The first kappa shape index (κ1) is 9.93. The van der Waals surface area contributed by atoms with Crippen LogP contribution in [-0.4, -0.2) is 16.2 Å². The van der Waals surface area contributed by atoms with E-state index in [4.69, 9.17) is 5.73 Å². The smallest absolute Gasteiger partial charge is 0.196 e. The maximum absolute atomic E-state index is 11.9. The fourth-order valence-electron chi connectivity index (χ4n) is 1.64. The molecular weight excluding hydrogens is 188 g/mol. The van der Waals surface area contributed by atoms with Gasteiger partial charge in [-0.2, -0.15) is 0 Å². The van der Waals surface area contributed by atoms with Crippen molar-refractivity contribution in [2.75, 3.05) is 0 Å². The van der Waals surface area contributed by atoms with Gasteiger partial charge in [-0.25, -0.2) is 0 Å². The highest BCUT2D eigenvalue weighted by atomic mass is 16.1. The minimum Gasteiger partial charge on any atom is -0.321 e. The van der Waals surface area contributed by atoms with Gasteiger partial charge in [-0.1, -0.05) is 13.0 Å². The van der Waals surface area contributed by atoms with Crippen LogP contribution in [0, 0.1) is 0 Å². The van der Waals surface area contributed by atoms with Crippen molar-refractivity contribution < 1.29 is 4.79 Å². The topological polar surface area (TPSA) is 47.5 Å². The van der Waals surface area contributed by atoms with Crippen LogP contribution in [0.4, 0.5) is 0 Å². The van der Waals surface area contributed by atoms with Gasteiger partial charge in [0.1, 0.15) is 0 Å². The first-order valence-corrected chi connectivity index (χ1v) is 5.10. The number of fused-ring (bicyclic) bond motifs is 1. The minimum atomic E-state index is -0.405. The molecule has 15 heavy (non-hydrogen) atoms. The zero-order chi connectivity index (χ0) is 10.8. The van der Waals surface area contributed by atoms with Gasteiger partial charge in [-0.15, -0.1) is 0 Å². The highest BCUT2D eigenvalue weighted by Gasteiger charge is 2.15. The first-order chi connectivity index (χ1) is 7.24. The van der Waals surface area contributed by atoms with Crippen LogP contribution in [0.15, 0.2) is 36.5 Å². The summed E-state index contributed by atoms with van der Waals surface area (Å²) in [6.45, 7) is 1.92. The molecule has 0 aliphatic rings. The van der Waals surface area contributed by atoms with E-state index in [-0.39, 0.29) is 5.78 Å². The van der Waals surface area contributed by atoms with E-state index < -0.39 is 6.04 Å². The van der Waals surface area contributed by atoms with Crippen LogP contribution in [0.2, 0.25) is 0 Å². The van der Waals surface area contributed by atoms with Gasteiger partial charge in [-0.3, -0.25) is 4.79 Å². The summed E-state index contributed by atoms with van der Waals surface area (Å²) in [7, 11) is 0. The van der Waals surface area contributed by atoms with Crippen molar-refractivity contribution >= 4 is 11.3 Å². The number of nitrogens with zero attached hydrogens (tertiary/aromatic N) is 1. The van der Waals surface area contributed by atoms with E-state index >= 15 is 0 Å². The van der Waals surface area contributed by atoms with Gasteiger partial charge in [0.2, 0.25) is 0 Å². The Kier molecular flexibility index (Phi) is 2.56. The third-order valence-corrected chi connectivity index (χ3v) is 2.59. The highest BCUT2D eigenvalue weighted by molar-refractivity contribution is 5.99. The molecule has 0 fully saturated rings. The summed E-state index contributed by atoms with van der Waals surface area (Å²) in [5.41, 5.74) is 7.42. The standard InChI is InChI=1S/C12H14N2O/c1-2-10(13)12(15)11-7-3-5-9-6-4-8-14(9)11/h3-8,10H,2,13H2,1H3. The van der Waals surface area contributed by atoms with Crippen molar-refractivity contribution in [3.63, 3.8) is 0 Å². The van der Waals surface area contributed by atoms with Crippen molar-refractivity contribution in [2.24, 2.45) is 5.73 Å². The predicted octanol–water partition coefficient (Wildman–Crippen LogP) is 1.86. The number of nitrogens with two attached hydrogens (primary N) is 1. The molecule has 0 aromatic carbocycles. The molecule has 0 radical (unpaired) electrons. The molecule has 1 atom stereocenters. The molecule has 0 saturated heterocycles. The lowest BCUT2D eigenvalue weighted by Crippen LogP contribution is -2.30. The molecule has 1 unspecified atom stereocenters. The number of pyridine rings is 1. The molecule has 2 N–H and O–H groups in total. The molecule has 0 amide bonds. The quantitative estimate of drug-likeness (QED) is 0.772. The predicted molar refractivity (Wildman–Crippen MR) is 60.0 cm³/mol. The summed E-state index contributed by atoms with van der Waals surface area (Å²) in [6.07, 6.45) is 2.54. The second-order valence-corrected chi connectivity index (χ2v) is 3.59. The minimum absolute atomic E-state index is 0.000648. The summed E-state index contributed by atoms with van der Waals surface area (Å²) in [4.78, 5) is 11.9. The summed E-state index contributed by atoms with van der Waals surface area (Å²) in [5.74, 6) is -0.000648. The maximum atomic E-state index is 11.9. The molecule has 2 heterocycles. The summed E-state index contributed by atoms with van der Waals surface area (Å²) < 4.78 is 1.87. The molecule has 0 aliphatic carbocycles. The van der Waals surface area contributed by atoms with Crippen LogP contribution < -0.4 is 5.73 Å². The van der Waals surface area contributed by atoms with Gasteiger partial charge in [0.05, 0.1) is 11.7 Å². The van der Waals surface area contributed by atoms with Gasteiger partial charge in [0.15, 0.2) is 5.78 Å². The Morgan fingerprint density at radius 1 is 1.40 bits per heavy atom. The molecule has 0 spiro atoms. The van der Waals surface area contributed by atoms with Crippen molar-refractivity contribution in [3.8, 4) is 0 Å². The van der Waals surface area contributed by atoms with Crippen molar-refractivity contribution in [1.82, 2.24) is 4.40 Å². The summed E-state index contributed by atoms with van der Waals surface area (Å²) in [6, 6.07) is 9.14. The Labute approximate surface area is 88.5 Å². The van der Waals surface area contributed by atoms with Crippen LogP contribution in [0.3, 0.4) is 0 Å². The zero-order valence-electron chi connectivity index (χ0n) is 8.68. The highest BCUT2D eigenvalue weighted by Crippen LogP contribution is 2.11. The Morgan fingerprint density at radius 3 is 2.87 bits per heavy atom. The molecule has 0 saturated carbocycles. The third-order valence-electron chi connectivity index (χ3n) is 2.59. The number of aromatic nitrogens is 1. The van der Waals surface area contributed by atoms with E-state index in [0.29, 0.717) is 12.1 Å². The largest absolute Gasteiger partial charge is 0.321 e. The van der Waals surface area contributed by atoms with Crippen LogP contribution >= 0.6 is 0 Å². The summed E-state index contributed by atoms with van der Waals surface area (Å²) in [5, 5.41) is 0. The molecule has 2 aromatic rings. The van der Waals surface area contributed by atoms with Crippen LogP contribution in [0.1, 0.15) is 23.8 Å². The van der Waals surface area contributed by atoms with E-state index in [1.165, 1.54) is 0 Å². The lowest BCUT2D eigenvalue weighted by atomic mass is 10.1. The molecule has 78 valence electrons. The van der Waals surface area contributed by atoms with Crippen LogP contribution in [0.5, 0.6) is 0 Å². The number of ketones is 1. The van der Waals surface area contributed by atoms with E-state index in [9.17, 15) is 4.79 Å². The van der Waals surface area contributed by atoms with Gasteiger partial charge in [0.25, 0.3) is 0 Å². The number of Topliss-reactive ketones (excluding diaryl/α,β-unsaturated/α-hetero) is 1. The first-order valence-electron chi connectivity index (χ1n) is 5.10. The van der Waals surface area contributed by atoms with Crippen LogP contribution in [-0.2, 0) is 0 Å². The average molecular weight is 202 g/mol. The fourth-order valence-corrected chi connectivity index (χ4v) is 1.64. The number of carbonyl (C=O) groups excluding carboxylic acids is 1. The average Bonchev–Trinajstić information content (AvgIpc) is 2.74. The Balaban J connectivity index is 2.51. The van der Waals surface area contributed by atoms with E-state index in [0.717, 1.165) is 5.52 Å². The molecule has 3 heteroatoms. The number of hydrogen-bond donors (Lipinski definition) is 1. The zero-order valence-corrected chi connectivity index (χ0v) is 8.68. The Hall–Kier alpha value is -1.61. The Morgan fingerprint density at radius 2 is 2.13 bits per heavy atom. The molecule has 3 nitrogen and oxygen atoms in total. The van der Waals surface area contributed by atoms with Crippen molar-refractivity contribution in [1.29, 1.82) is 0 Å². The SMILES string of the molecule is CCC(N)C(=O)c1cccc2cccn12. The second kappa shape index (κ2) is 3.87. The van der Waals surface area contributed by atoms with E-state index in [2.05, 4.69) is 0 Å². The van der Waals surface area contributed by atoms with Gasteiger partial charge < -0.3 is 10.1 Å². The fraction of sp³-hybridized carbons (Fsp3) is 0.250. The van der Waals surface area contributed by atoms with E-state index in [1.807, 2.05) is 47.9 Å². The van der Waals surface area contributed by atoms with Gasteiger partial charge in [0, 0.05) is 11.7 Å². The molecule has 0 aliphatic heterocycles. The van der Waals surface area contributed by atoms with Crippen molar-refractivity contribution in [3.05, 3.63) is 42.2 Å². The van der Waals surface area contributed by atoms with Crippen molar-refractivity contribution in [2.45, 2.75) is 19.4 Å². The van der Waals surface area contributed by atoms with E-state index in [1.54, 1.807) is 0 Å². The summed E-state index contributed by atoms with van der Waals surface area (Å²) >= 11 is 0. The molecule has 0 bridgehead atoms. The Bertz CT molecular complexity index is 487. The third kappa shape index (κ3) is 1.66.